The second-order valence-electron chi connectivity index (χ2n) is 5.52. The fourth-order valence-electron chi connectivity index (χ4n) is 1.45. The molecule has 0 aromatic carbocycles. The zero-order valence-corrected chi connectivity index (χ0v) is 12.0. The van der Waals surface area contributed by atoms with Crippen LogP contribution in [0.4, 0.5) is 0 Å². The average Bonchev–Trinajstić information content (AvgIpc) is 2.26. The third-order valence-corrected chi connectivity index (χ3v) is 2.86. The Balaban J connectivity index is 4.50. The molecule has 0 bridgehead atoms. The highest BCUT2D eigenvalue weighted by atomic mass is 16.5. The summed E-state index contributed by atoms with van der Waals surface area (Å²) in [5.74, 6) is 0.0306. The van der Waals surface area contributed by atoms with E-state index < -0.39 is 6.04 Å². The molecular weight excluding hydrogens is 216 g/mol. The average molecular weight is 244 g/mol. The summed E-state index contributed by atoms with van der Waals surface area (Å²) < 4.78 is 5.03. The first-order valence-corrected chi connectivity index (χ1v) is 6.37. The Kier molecular flexibility index (Phi) is 7.39. The van der Waals surface area contributed by atoms with E-state index in [4.69, 9.17) is 10.5 Å². The molecule has 0 aliphatic carbocycles. The van der Waals surface area contributed by atoms with Gasteiger partial charge in [-0.25, -0.2) is 0 Å². The number of rotatable bonds is 7. The maximum atomic E-state index is 12.2. The van der Waals surface area contributed by atoms with Gasteiger partial charge in [0.2, 0.25) is 5.91 Å². The molecule has 0 saturated heterocycles. The van der Waals surface area contributed by atoms with Gasteiger partial charge in [-0.15, -0.1) is 0 Å². The van der Waals surface area contributed by atoms with Crippen LogP contribution in [0, 0.1) is 5.41 Å². The van der Waals surface area contributed by atoms with Crippen molar-refractivity contribution in [2.45, 2.75) is 46.6 Å². The molecule has 0 heterocycles. The second kappa shape index (κ2) is 7.67. The van der Waals surface area contributed by atoms with E-state index in [1.807, 2.05) is 25.7 Å². The first-order valence-electron chi connectivity index (χ1n) is 6.37. The smallest absolute Gasteiger partial charge is 0.240 e. The van der Waals surface area contributed by atoms with Crippen molar-refractivity contribution < 1.29 is 9.53 Å². The van der Waals surface area contributed by atoms with Crippen molar-refractivity contribution in [2.24, 2.45) is 11.1 Å². The van der Waals surface area contributed by atoms with E-state index in [0.29, 0.717) is 13.2 Å². The van der Waals surface area contributed by atoms with Crippen molar-refractivity contribution in [1.29, 1.82) is 0 Å². The fourth-order valence-corrected chi connectivity index (χ4v) is 1.45. The predicted molar refractivity (Wildman–Crippen MR) is 70.8 cm³/mol. The highest BCUT2D eigenvalue weighted by Crippen LogP contribution is 2.19. The topological polar surface area (TPSA) is 55.6 Å². The SMILES string of the molecule is CCCCN(CCOC)C(=O)[C@@H](N)C(C)(C)C. The molecule has 2 N–H and O–H groups in total. The Labute approximate surface area is 105 Å². The Morgan fingerprint density at radius 2 is 1.94 bits per heavy atom. The summed E-state index contributed by atoms with van der Waals surface area (Å²) >= 11 is 0. The summed E-state index contributed by atoms with van der Waals surface area (Å²) in [5, 5.41) is 0. The molecule has 4 nitrogen and oxygen atoms in total. The van der Waals surface area contributed by atoms with Crippen LogP contribution in [0.2, 0.25) is 0 Å². The van der Waals surface area contributed by atoms with Gasteiger partial charge in [0, 0.05) is 20.2 Å². The number of methoxy groups -OCH3 is 1. The summed E-state index contributed by atoms with van der Waals surface area (Å²) in [6.45, 7) is 10.0. The molecule has 4 heteroatoms. The van der Waals surface area contributed by atoms with E-state index in [-0.39, 0.29) is 11.3 Å². The summed E-state index contributed by atoms with van der Waals surface area (Å²) in [7, 11) is 1.65. The lowest BCUT2D eigenvalue weighted by Gasteiger charge is -2.32. The molecule has 0 aliphatic rings. The molecule has 1 atom stereocenters. The van der Waals surface area contributed by atoms with Crippen LogP contribution < -0.4 is 5.73 Å². The van der Waals surface area contributed by atoms with Crippen molar-refractivity contribution in [2.75, 3.05) is 26.8 Å². The minimum atomic E-state index is -0.448. The van der Waals surface area contributed by atoms with Gasteiger partial charge in [-0.2, -0.15) is 0 Å². The Hall–Kier alpha value is -0.610. The number of hydrogen-bond acceptors (Lipinski definition) is 3. The Bertz CT molecular complexity index is 216. The number of hydrogen-bond donors (Lipinski definition) is 1. The number of unbranched alkanes of at least 4 members (excludes halogenated alkanes) is 1. The van der Waals surface area contributed by atoms with Crippen molar-refractivity contribution >= 4 is 5.91 Å². The highest BCUT2D eigenvalue weighted by Gasteiger charge is 2.30. The van der Waals surface area contributed by atoms with Gasteiger partial charge in [0.25, 0.3) is 0 Å². The first kappa shape index (κ1) is 16.4. The number of nitrogens with two attached hydrogens (primary N) is 1. The summed E-state index contributed by atoms with van der Waals surface area (Å²) in [4.78, 5) is 14.1. The van der Waals surface area contributed by atoms with Gasteiger partial charge in [0.05, 0.1) is 12.6 Å². The minimum absolute atomic E-state index is 0.0306. The lowest BCUT2D eigenvalue weighted by Crippen LogP contribution is -2.51. The molecule has 0 fully saturated rings. The molecule has 0 aromatic heterocycles. The molecular formula is C13H28N2O2. The summed E-state index contributed by atoms with van der Waals surface area (Å²) in [6.07, 6.45) is 2.08. The zero-order valence-electron chi connectivity index (χ0n) is 12.0. The number of amides is 1. The van der Waals surface area contributed by atoms with E-state index in [2.05, 4.69) is 6.92 Å². The maximum Gasteiger partial charge on any atom is 0.240 e. The number of nitrogens with zero attached hydrogens (tertiary/aromatic N) is 1. The molecule has 0 aliphatic heterocycles. The van der Waals surface area contributed by atoms with Gasteiger partial charge < -0.3 is 15.4 Å². The largest absolute Gasteiger partial charge is 0.383 e. The van der Waals surface area contributed by atoms with Crippen molar-refractivity contribution in [3.8, 4) is 0 Å². The monoisotopic (exact) mass is 244 g/mol. The van der Waals surface area contributed by atoms with E-state index >= 15 is 0 Å². The van der Waals surface area contributed by atoms with Crippen molar-refractivity contribution in [3.63, 3.8) is 0 Å². The van der Waals surface area contributed by atoms with Crippen LogP contribution >= 0.6 is 0 Å². The van der Waals surface area contributed by atoms with E-state index in [9.17, 15) is 4.79 Å². The Morgan fingerprint density at radius 1 is 1.35 bits per heavy atom. The number of carbonyl (C=O) groups is 1. The fraction of sp³-hybridized carbons (Fsp3) is 0.923. The lowest BCUT2D eigenvalue weighted by atomic mass is 9.86. The lowest BCUT2D eigenvalue weighted by molar-refractivity contribution is -0.135. The number of ether oxygens (including phenoxy) is 1. The Morgan fingerprint density at radius 3 is 2.35 bits per heavy atom. The molecule has 0 spiro atoms. The van der Waals surface area contributed by atoms with Crippen molar-refractivity contribution in [1.82, 2.24) is 4.90 Å². The van der Waals surface area contributed by atoms with E-state index in [1.165, 1.54) is 0 Å². The summed E-state index contributed by atoms with van der Waals surface area (Å²) in [6, 6.07) is -0.448. The normalized spacial score (nSPS) is 13.5. The van der Waals surface area contributed by atoms with Crippen LogP contribution in [0.5, 0.6) is 0 Å². The van der Waals surface area contributed by atoms with Crippen LogP contribution in [0.1, 0.15) is 40.5 Å². The zero-order chi connectivity index (χ0) is 13.5. The van der Waals surface area contributed by atoms with Crippen LogP contribution in [0.3, 0.4) is 0 Å². The maximum absolute atomic E-state index is 12.2. The predicted octanol–water partition coefficient (Wildman–Crippen LogP) is 1.63. The quantitative estimate of drug-likeness (QED) is 0.740. The van der Waals surface area contributed by atoms with Gasteiger partial charge in [-0.05, 0) is 11.8 Å². The van der Waals surface area contributed by atoms with Crippen molar-refractivity contribution in [3.05, 3.63) is 0 Å². The molecule has 0 radical (unpaired) electrons. The van der Waals surface area contributed by atoms with Crippen LogP contribution in [0.15, 0.2) is 0 Å². The van der Waals surface area contributed by atoms with Crippen LogP contribution in [-0.4, -0.2) is 43.7 Å². The third kappa shape index (κ3) is 6.03. The van der Waals surface area contributed by atoms with Crippen LogP contribution in [-0.2, 0) is 9.53 Å². The van der Waals surface area contributed by atoms with Gasteiger partial charge in [0.1, 0.15) is 0 Å². The van der Waals surface area contributed by atoms with Gasteiger partial charge in [-0.1, -0.05) is 34.1 Å². The van der Waals surface area contributed by atoms with Gasteiger partial charge >= 0.3 is 0 Å². The standard InChI is InChI=1S/C13H28N2O2/c1-6-7-8-15(9-10-17-5)12(16)11(14)13(2,3)4/h11H,6-10,14H2,1-5H3/t11-/m1/s1. The van der Waals surface area contributed by atoms with E-state index in [0.717, 1.165) is 19.4 Å². The molecule has 17 heavy (non-hydrogen) atoms. The summed E-state index contributed by atoms with van der Waals surface area (Å²) in [5.41, 5.74) is 5.81. The molecule has 1 amide bonds. The highest BCUT2D eigenvalue weighted by molar-refractivity contribution is 5.82. The van der Waals surface area contributed by atoms with E-state index in [1.54, 1.807) is 7.11 Å². The molecule has 102 valence electrons. The van der Waals surface area contributed by atoms with Gasteiger partial charge in [-0.3, -0.25) is 4.79 Å². The third-order valence-electron chi connectivity index (χ3n) is 2.86. The number of carbonyl (C=O) groups excluding carboxylic acids is 1. The first-order chi connectivity index (χ1) is 7.84. The van der Waals surface area contributed by atoms with Gasteiger partial charge in [0.15, 0.2) is 0 Å². The molecule has 0 unspecified atom stereocenters. The molecule has 0 rings (SSSR count). The van der Waals surface area contributed by atoms with Crippen LogP contribution in [0.25, 0.3) is 0 Å². The second-order valence-corrected chi connectivity index (χ2v) is 5.52. The molecule has 0 saturated carbocycles. The minimum Gasteiger partial charge on any atom is -0.383 e. The molecule has 0 aromatic rings.